The molecule has 2 rings (SSSR count). The van der Waals surface area contributed by atoms with E-state index in [1.165, 1.54) is 22.8 Å². The predicted octanol–water partition coefficient (Wildman–Crippen LogP) is 4.40. The summed E-state index contributed by atoms with van der Waals surface area (Å²) in [5, 5.41) is 3.42. The standard InChI is InChI=1S/C16H17ClFN/c1-10-5-4-6-13(11(10)2)16(19-3)12-7-8-15(18)14(17)9-12/h4-9,16,19H,1-3H3. The van der Waals surface area contributed by atoms with Crippen LogP contribution < -0.4 is 5.32 Å². The van der Waals surface area contributed by atoms with Crippen molar-refractivity contribution in [1.82, 2.24) is 5.32 Å². The van der Waals surface area contributed by atoms with Crippen molar-refractivity contribution in [1.29, 1.82) is 0 Å². The van der Waals surface area contributed by atoms with E-state index in [4.69, 9.17) is 11.6 Å². The number of hydrogen-bond donors (Lipinski definition) is 1. The Morgan fingerprint density at radius 3 is 2.53 bits per heavy atom. The van der Waals surface area contributed by atoms with Gasteiger partial charge in [0.05, 0.1) is 11.1 Å². The van der Waals surface area contributed by atoms with Crippen LogP contribution in [0, 0.1) is 19.7 Å². The van der Waals surface area contributed by atoms with Crippen LogP contribution in [0.1, 0.15) is 28.3 Å². The second-order valence-corrected chi connectivity index (χ2v) is 5.09. The van der Waals surface area contributed by atoms with E-state index in [0.717, 1.165) is 5.56 Å². The number of nitrogens with one attached hydrogen (secondary N) is 1. The lowest BCUT2D eigenvalue weighted by Gasteiger charge is -2.20. The molecule has 1 unspecified atom stereocenters. The van der Waals surface area contributed by atoms with Crippen molar-refractivity contribution in [2.24, 2.45) is 0 Å². The second-order valence-electron chi connectivity index (χ2n) is 4.68. The lowest BCUT2D eigenvalue weighted by atomic mass is 9.93. The molecule has 100 valence electrons. The lowest BCUT2D eigenvalue weighted by Crippen LogP contribution is -2.19. The van der Waals surface area contributed by atoms with Gasteiger partial charge in [0, 0.05) is 0 Å². The average Bonchev–Trinajstić information content (AvgIpc) is 2.39. The summed E-state index contributed by atoms with van der Waals surface area (Å²) in [7, 11) is 1.89. The van der Waals surface area contributed by atoms with Crippen molar-refractivity contribution in [3.63, 3.8) is 0 Å². The van der Waals surface area contributed by atoms with Gasteiger partial charge in [0.25, 0.3) is 0 Å². The van der Waals surface area contributed by atoms with Gasteiger partial charge in [0.1, 0.15) is 5.82 Å². The minimum atomic E-state index is -0.388. The third-order valence-electron chi connectivity index (χ3n) is 3.52. The van der Waals surface area contributed by atoms with Gasteiger partial charge in [-0.3, -0.25) is 0 Å². The molecule has 0 radical (unpaired) electrons. The van der Waals surface area contributed by atoms with Crippen molar-refractivity contribution in [2.75, 3.05) is 7.05 Å². The maximum Gasteiger partial charge on any atom is 0.141 e. The van der Waals surface area contributed by atoms with Crippen LogP contribution in [0.5, 0.6) is 0 Å². The van der Waals surface area contributed by atoms with Gasteiger partial charge in [-0.2, -0.15) is 0 Å². The first kappa shape index (κ1) is 14.0. The molecule has 1 atom stereocenters. The Balaban J connectivity index is 2.50. The van der Waals surface area contributed by atoms with E-state index in [1.54, 1.807) is 12.1 Å². The van der Waals surface area contributed by atoms with Gasteiger partial charge in [-0.15, -0.1) is 0 Å². The lowest BCUT2D eigenvalue weighted by molar-refractivity contribution is 0.623. The Morgan fingerprint density at radius 1 is 1.16 bits per heavy atom. The summed E-state index contributed by atoms with van der Waals surface area (Å²) in [6, 6.07) is 11.1. The first-order valence-corrected chi connectivity index (χ1v) is 6.60. The molecule has 0 fully saturated rings. The largest absolute Gasteiger partial charge is 0.309 e. The summed E-state index contributed by atoms with van der Waals surface area (Å²) in [5.74, 6) is -0.388. The zero-order valence-electron chi connectivity index (χ0n) is 11.3. The van der Waals surface area contributed by atoms with Crippen LogP contribution in [0.3, 0.4) is 0 Å². The van der Waals surface area contributed by atoms with Crippen molar-refractivity contribution in [3.05, 3.63) is 69.5 Å². The molecule has 0 saturated heterocycles. The average molecular weight is 278 g/mol. The van der Waals surface area contributed by atoms with Crippen LogP contribution >= 0.6 is 11.6 Å². The highest BCUT2D eigenvalue weighted by atomic mass is 35.5. The van der Waals surface area contributed by atoms with E-state index in [-0.39, 0.29) is 16.9 Å². The summed E-state index contributed by atoms with van der Waals surface area (Å²) >= 11 is 5.87. The summed E-state index contributed by atoms with van der Waals surface area (Å²) in [6.45, 7) is 4.18. The Labute approximate surface area is 118 Å². The van der Waals surface area contributed by atoms with Gasteiger partial charge in [0.15, 0.2) is 0 Å². The van der Waals surface area contributed by atoms with Crippen molar-refractivity contribution >= 4 is 11.6 Å². The minimum Gasteiger partial charge on any atom is -0.309 e. The number of halogens is 2. The van der Waals surface area contributed by atoms with Gasteiger partial charge < -0.3 is 5.32 Å². The fourth-order valence-electron chi connectivity index (χ4n) is 2.28. The molecule has 0 aromatic heterocycles. The Hall–Kier alpha value is -1.38. The van der Waals surface area contributed by atoms with Gasteiger partial charge in [0.2, 0.25) is 0 Å². The molecule has 0 saturated carbocycles. The van der Waals surface area contributed by atoms with E-state index in [1.807, 2.05) is 13.1 Å². The summed E-state index contributed by atoms with van der Waals surface area (Å²) in [4.78, 5) is 0. The van der Waals surface area contributed by atoms with Gasteiger partial charge in [-0.25, -0.2) is 4.39 Å². The fraction of sp³-hybridized carbons (Fsp3) is 0.250. The second kappa shape index (κ2) is 5.72. The fourth-order valence-corrected chi connectivity index (χ4v) is 2.47. The Bertz CT molecular complexity index is 595. The molecule has 0 heterocycles. The molecule has 1 N–H and O–H groups in total. The van der Waals surface area contributed by atoms with Crippen LogP contribution in [-0.4, -0.2) is 7.05 Å². The maximum absolute atomic E-state index is 13.3. The highest BCUT2D eigenvalue weighted by Gasteiger charge is 2.16. The number of benzene rings is 2. The molecule has 0 spiro atoms. The molecule has 3 heteroatoms. The summed E-state index contributed by atoms with van der Waals surface area (Å²) in [5.41, 5.74) is 4.63. The molecule has 0 aliphatic rings. The highest BCUT2D eigenvalue weighted by Crippen LogP contribution is 2.28. The first-order valence-electron chi connectivity index (χ1n) is 6.23. The van der Waals surface area contributed by atoms with Crippen LogP contribution in [0.2, 0.25) is 5.02 Å². The third kappa shape index (κ3) is 2.80. The van der Waals surface area contributed by atoms with E-state index in [2.05, 4.69) is 31.3 Å². The number of rotatable bonds is 3. The molecular formula is C16H17ClFN. The van der Waals surface area contributed by atoms with Crippen molar-refractivity contribution < 1.29 is 4.39 Å². The molecule has 0 aliphatic carbocycles. The smallest absolute Gasteiger partial charge is 0.141 e. The molecule has 19 heavy (non-hydrogen) atoms. The SMILES string of the molecule is CNC(c1ccc(F)c(Cl)c1)c1cccc(C)c1C. The van der Waals surface area contributed by atoms with Crippen LogP contribution in [0.4, 0.5) is 4.39 Å². The van der Waals surface area contributed by atoms with E-state index in [9.17, 15) is 4.39 Å². The van der Waals surface area contributed by atoms with Crippen LogP contribution in [-0.2, 0) is 0 Å². The Morgan fingerprint density at radius 2 is 1.89 bits per heavy atom. The number of hydrogen-bond acceptors (Lipinski definition) is 1. The topological polar surface area (TPSA) is 12.0 Å². The van der Waals surface area contributed by atoms with Crippen molar-refractivity contribution in [3.8, 4) is 0 Å². The zero-order chi connectivity index (χ0) is 14.0. The van der Waals surface area contributed by atoms with E-state index < -0.39 is 0 Å². The summed E-state index contributed by atoms with van der Waals surface area (Å²) in [6.07, 6.45) is 0. The molecule has 0 aliphatic heterocycles. The number of aryl methyl sites for hydroxylation is 1. The van der Waals surface area contributed by atoms with Crippen LogP contribution in [0.25, 0.3) is 0 Å². The predicted molar refractivity (Wildman–Crippen MR) is 78.2 cm³/mol. The Kier molecular flexibility index (Phi) is 4.23. The molecule has 2 aromatic rings. The maximum atomic E-state index is 13.3. The quantitative estimate of drug-likeness (QED) is 0.876. The normalized spacial score (nSPS) is 12.5. The molecule has 1 nitrogen and oxygen atoms in total. The molecule has 0 bridgehead atoms. The molecule has 0 amide bonds. The van der Waals surface area contributed by atoms with Crippen LogP contribution in [0.15, 0.2) is 36.4 Å². The minimum absolute atomic E-state index is 0.0120. The highest BCUT2D eigenvalue weighted by molar-refractivity contribution is 6.30. The van der Waals surface area contributed by atoms with Crippen molar-refractivity contribution in [2.45, 2.75) is 19.9 Å². The zero-order valence-corrected chi connectivity index (χ0v) is 12.1. The third-order valence-corrected chi connectivity index (χ3v) is 3.81. The van der Waals surface area contributed by atoms with E-state index in [0.29, 0.717) is 0 Å². The summed E-state index contributed by atoms with van der Waals surface area (Å²) < 4.78 is 13.3. The first-order chi connectivity index (χ1) is 9.04. The molecular weight excluding hydrogens is 261 g/mol. The van der Waals surface area contributed by atoms with E-state index >= 15 is 0 Å². The molecule has 2 aromatic carbocycles. The van der Waals surface area contributed by atoms with Gasteiger partial charge >= 0.3 is 0 Å². The van der Waals surface area contributed by atoms with Gasteiger partial charge in [-0.1, -0.05) is 35.9 Å². The monoisotopic (exact) mass is 277 g/mol. The van der Waals surface area contributed by atoms with Gasteiger partial charge in [-0.05, 0) is 55.3 Å².